The van der Waals surface area contributed by atoms with Crippen LogP contribution >= 0.6 is 0 Å². The van der Waals surface area contributed by atoms with Crippen LogP contribution in [0.25, 0.3) is 11.3 Å². The van der Waals surface area contributed by atoms with Gasteiger partial charge in [-0.05, 0) is 51.1 Å². The van der Waals surface area contributed by atoms with E-state index in [-0.39, 0.29) is 5.91 Å². The third-order valence-electron chi connectivity index (χ3n) is 3.85. The standard InChI is InChI=1S/C21H21N3O2/c1-4-26-20-10-9-19(23-24-20)16-5-7-18(8-6-16)22-21(25)17-12-14(2)11-15(3)13-17/h5-13H,4H2,1-3H3,(H,22,25). The van der Waals surface area contributed by atoms with Crippen molar-refractivity contribution in [1.29, 1.82) is 0 Å². The van der Waals surface area contributed by atoms with Crippen LogP contribution in [-0.2, 0) is 0 Å². The molecule has 1 heterocycles. The maximum Gasteiger partial charge on any atom is 0.255 e. The van der Waals surface area contributed by atoms with E-state index in [0.717, 1.165) is 28.1 Å². The minimum atomic E-state index is -0.120. The monoisotopic (exact) mass is 347 g/mol. The summed E-state index contributed by atoms with van der Waals surface area (Å²) < 4.78 is 5.30. The summed E-state index contributed by atoms with van der Waals surface area (Å²) in [7, 11) is 0. The Labute approximate surface area is 153 Å². The molecule has 1 N–H and O–H groups in total. The van der Waals surface area contributed by atoms with Crippen molar-refractivity contribution < 1.29 is 9.53 Å². The van der Waals surface area contributed by atoms with Crippen molar-refractivity contribution >= 4 is 11.6 Å². The zero-order chi connectivity index (χ0) is 18.5. The van der Waals surface area contributed by atoms with Crippen LogP contribution in [0.2, 0.25) is 0 Å². The third-order valence-corrected chi connectivity index (χ3v) is 3.85. The van der Waals surface area contributed by atoms with Gasteiger partial charge in [0.05, 0.1) is 12.3 Å². The normalized spacial score (nSPS) is 10.4. The van der Waals surface area contributed by atoms with E-state index in [1.807, 2.05) is 69.3 Å². The summed E-state index contributed by atoms with van der Waals surface area (Å²) in [4.78, 5) is 12.4. The molecule has 0 radical (unpaired) electrons. The molecule has 1 aromatic heterocycles. The molecule has 0 unspecified atom stereocenters. The van der Waals surface area contributed by atoms with E-state index < -0.39 is 0 Å². The lowest BCUT2D eigenvalue weighted by Gasteiger charge is -2.08. The molecule has 26 heavy (non-hydrogen) atoms. The van der Waals surface area contributed by atoms with Gasteiger partial charge in [-0.1, -0.05) is 29.3 Å². The van der Waals surface area contributed by atoms with Crippen LogP contribution in [0.3, 0.4) is 0 Å². The highest BCUT2D eigenvalue weighted by Crippen LogP contribution is 2.21. The smallest absolute Gasteiger partial charge is 0.255 e. The quantitative estimate of drug-likeness (QED) is 0.742. The van der Waals surface area contributed by atoms with Crippen LogP contribution in [0.15, 0.2) is 54.6 Å². The summed E-state index contributed by atoms with van der Waals surface area (Å²) in [5.41, 5.74) is 5.20. The number of benzene rings is 2. The van der Waals surface area contributed by atoms with Gasteiger partial charge in [0.2, 0.25) is 5.88 Å². The molecule has 1 amide bonds. The molecule has 2 aromatic carbocycles. The molecule has 0 aliphatic heterocycles. The minimum absolute atomic E-state index is 0.120. The molecule has 3 rings (SSSR count). The number of amides is 1. The second-order valence-corrected chi connectivity index (χ2v) is 6.10. The number of hydrogen-bond donors (Lipinski definition) is 1. The van der Waals surface area contributed by atoms with Gasteiger partial charge >= 0.3 is 0 Å². The van der Waals surface area contributed by atoms with Gasteiger partial charge in [-0.25, -0.2) is 0 Å². The molecule has 0 aliphatic rings. The number of anilines is 1. The minimum Gasteiger partial charge on any atom is -0.477 e. The fourth-order valence-corrected chi connectivity index (χ4v) is 2.73. The van der Waals surface area contributed by atoms with Crippen LogP contribution in [-0.4, -0.2) is 22.7 Å². The number of ether oxygens (including phenoxy) is 1. The Morgan fingerprint density at radius 2 is 1.65 bits per heavy atom. The fraction of sp³-hybridized carbons (Fsp3) is 0.190. The summed E-state index contributed by atoms with van der Waals surface area (Å²) in [6, 6.07) is 17.0. The summed E-state index contributed by atoms with van der Waals surface area (Å²) in [5, 5.41) is 11.1. The van der Waals surface area contributed by atoms with Gasteiger partial charge in [-0.2, -0.15) is 0 Å². The first-order valence-corrected chi connectivity index (χ1v) is 8.52. The predicted octanol–water partition coefficient (Wildman–Crippen LogP) is 4.41. The average molecular weight is 347 g/mol. The van der Waals surface area contributed by atoms with E-state index in [2.05, 4.69) is 15.5 Å². The first kappa shape index (κ1) is 17.6. The summed E-state index contributed by atoms with van der Waals surface area (Å²) in [5.74, 6) is 0.388. The average Bonchev–Trinajstić information content (AvgIpc) is 2.62. The second kappa shape index (κ2) is 7.78. The van der Waals surface area contributed by atoms with E-state index in [1.54, 1.807) is 6.07 Å². The molecule has 132 valence electrons. The SMILES string of the molecule is CCOc1ccc(-c2ccc(NC(=O)c3cc(C)cc(C)c3)cc2)nn1. The van der Waals surface area contributed by atoms with Gasteiger partial charge in [0.15, 0.2) is 0 Å². The highest BCUT2D eigenvalue weighted by Gasteiger charge is 2.08. The molecule has 0 fully saturated rings. The fourth-order valence-electron chi connectivity index (χ4n) is 2.73. The van der Waals surface area contributed by atoms with Crippen molar-refractivity contribution in [3.8, 4) is 17.1 Å². The van der Waals surface area contributed by atoms with Crippen molar-refractivity contribution in [3.05, 3.63) is 71.3 Å². The molecule has 3 aromatic rings. The number of nitrogens with zero attached hydrogens (tertiary/aromatic N) is 2. The molecule has 0 saturated heterocycles. The summed E-state index contributed by atoms with van der Waals surface area (Å²) in [6.07, 6.45) is 0. The first-order chi connectivity index (χ1) is 12.5. The van der Waals surface area contributed by atoms with E-state index in [4.69, 9.17) is 4.74 Å². The molecule has 0 aliphatic carbocycles. The largest absolute Gasteiger partial charge is 0.477 e. The first-order valence-electron chi connectivity index (χ1n) is 8.52. The van der Waals surface area contributed by atoms with Crippen LogP contribution in [0.1, 0.15) is 28.4 Å². The molecular formula is C21H21N3O2. The lowest BCUT2D eigenvalue weighted by atomic mass is 10.1. The van der Waals surface area contributed by atoms with Crippen molar-refractivity contribution in [1.82, 2.24) is 10.2 Å². The Bertz CT molecular complexity index is 883. The van der Waals surface area contributed by atoms with E-state index >= 15 is 0 Å². The summed E-state index contributed by atoms with van der Waals surface area (Å²) in [6.45, 7) is 6.43. The van der Waals surface area contributed by atoms with Gasteiger partial charge in [0.1, 0.15) is 0 Å². The van der Waals surface area contributed by atoms with E-state index in [1.165, 1.54) is 0 Å². The molecule has 0 spiro atoms. The lowest BCUT2D eigenvalue weighted by molar-refractivity contribution is 0.102. The van der Waals surface area contributed by atoms with Crippen LogP contribution < -0.4 is 10.1 Å². The molecule has 0 bridgehead atoms. The molecule has 0 atom stereocenters. The highest BCUT2D eigenvalue weighted by atomic mass is 16.5. The molecule has 5 heteroatoms. The Hall–Kier alpha value is -3.21. The number of carbonyl (C=O) groups excluding carboxylic acids is 1. The molecule has 0 saturated carbocycles. The molecule has 5 nitrogen and oxygen atoms in total. The Balaban J connectivity index is 1.72. The topological polar surface area (TPSA) is 64.1 Å². The maximum atomic E-state index is 12.4. The highest BCUT2D eigenvalue weighted by molar-refractivity contribution is 6.04. The number of aromatic nitrogens is 2. The van der Waals surface area contributed by atoms with Gasteiger partial charge < -0.3 is 10.1 Å². The Morgan fingerprint density at radius 1 is 0.962 bits per heavy atom. The van der Waals surface area contributed by atoms with Crippen LogP contribution in [0.4, 0.5) is 5.69 Å². The van der Waals surface area contributed by atoms with Gasteiger partial charge in [-0.15, -0.1) is 10.2 Å². The van der Waals surface area contributed by atoms with Crippen LogP contribution in [0.5, 0.6) is 5.88 Å². The van der Waals surface area contributed by atoms with Crippen LogP contribution in [0, 0.1) is 13.8 Å². The lowest BCUT2D eigenvalue weighted by Crippen LogP contribution is -2.12. The molecular weight excluding hydrogens is 326 g/mol. The number of carbonyl (C=O) groups is 1. The Kier molecular flexibility index (Phi) is 5.27. The van der Waals surface area contributed by atoms with E-state index in [0.29, 0.717) is 18.1 Å². The number of rotatable bonds is 5. The van der Waals surface area contributed by atoms with Crippen molar-refractivity contribution in [2.75, 3.05) is 11.9 Å². The number of hydrogen-bond acceptors (Lipinski definition) is 4. The number of aryl methyl sites for hydroxylation is 2. The van der Waals surface area contributed by atoms with Crippen molar-refractivity contribution in [2.45, 2.75) is 20.8 Å². The predicted molar refractivity (Wildman–Crippen MR) is 103 cm³/mol. The zero-order valence-corrected chi connectivity index (χ0v) is 15.1. The zero-order valence-electron chi connectivity index (χ0n) is 15.1. The van der Waals surface area contributed by atoms with Crippen molar-refractivity contribution in [2.24, 2.45) is 0 Å². The Morgan fingerprint density at radius 3 is 2.23 bits per heavy atom. The van der Waals surface area contributed by atoms with Gasteiger partial charge in [-0.3, -0.25) is 4.79 Å². The third kappa shape index (κ3) is 4.25. The van der Waals surface area contributed by atoms with Gasteiger partial charge in [0, 0.05) is 22.9 Å². The second-order valence-electron chi connectivity index (χ2n) is 6.10. The number of nitrogens with one attached hydrogen (secondary N) is 1. The van der Waals surface area contributed by atoms with E-state index in [9.17, 15) is 4.79 Å². The van der Waals surface area contributed by atoms with Crippen molar-refractivity contribution in [3.63, 3.8) is 0 Å². The summed E-state index contributed by atoms with van der Waals surface area (Å²) >= 11 is 0. The van der Waals surface area contributed by atoms with Gasteiger partial charge in [0.25, 0.3) is 5.91 Å². The maximum absolute atomic E-state index is 12.4.